The van der Waals surface area contributed by atoms with E-state index in [-0.39, 0.29) is 11.9 Å². The number of hydrogen-bond acceptors (Lipinski definition) is 7. The molecule has 0 bridgehead atoms. The van der Waals surface area contributed by atoms with Crippen LogP contribution >= 0.6 is 0 Å². The maximum atomic E-state index is 12.9. The first-order chi connectivity index (χ1) is 16.7. The number of nitrogens with zero attached hydrogens (tertiary/aromatic N) is 3. The van der Waals surface area contributed by atoms with Crippen LogP contribution in [0.15, 0.2) is 42.6 Å². The third kappa shape index (κ3) is 4.59. The van der Waals surface area contributed by atoms with Crippen LogP contribution in [0.25, 0.3) is 0 Å². The second kappa shape index (κ2) is 9.02. The maximum Gasteiger partial charge on any atom is 0.256 e. The molecule has 3 heterocycles. The van der Waals surface area contributed by atoms with Gasteiger partial charge in [-0.2, -0.15) is 4.98 Å². The van der Waals surface area contributed by atoms with Crippen LogP contribution in [0, 0.1) is 0 Å². The summed E-state index contributed by atoms with van der Waals surface area (Å²) in [6, 6.07) is 12.6. The van der Waals surface area contributed by atoms with Gasteiger partial charge >= 0.3 is 0 Å². The Kier molecular flexibility index (Phi) is 5.58. The minimum atomic E-state index is -0.161. The molecule has 34 heavy (non-hydrogen) atoms. The summed E-state index contributed by atoms with van der Waals surface area (Å²) in [5.74, 6) is 1.94. The highest BCUT2D eigenvalue weighted by atomic mass is 16.1. The number of nitrogens with one attached hydrogen (secondary N) is 4. The van der Waals surface area contributed by atoms with Crippen LogP contribution in [-0.4, -0.2) is 33.4 Å². The van der Waals surface area contributed by atoms with Crippen LogP contribution in [0.1, 0.15) is 65.2 Å². The first-order valence-electron chi connectivity index (χ1n) is 12.2. The van der Waals surface area contributed by atoms with Gasteiger partial charge in [0.15, 0.2) is 0 Å². The molecule has 0 spiro atoms. The summed E-state index contributed by atoms with van der Waals surface area (Å²) >= 11 is 0. The zero-order valence-corrected chi connectivity index (χ0v) is 19.1. The number of pyridine rings is 1. The lowest BCUT2D eigenvalue weighted by Gasteiger charge is -2.25. The predicted molar refractivity (Wildman–Crippen MR) is 132 cm³/mol. The Morgan fingerprint density at radius 2 is 1.91 bits per heavy atom. The van der Waals surface area contributed by atoms with E-state index in [0.717, 1.165) is 43.7 Å². The van der Waals surface area contributed by atoms with Crippen LogP contribution in [0.2, 0.25) is 0 Å². The number of anilines is 4. The van der Waals surface area contributed by atoms with E-state index < -0.39 is 0 Å². The third-order valence-electron chi connectivity index (χ3n) is 6.84. The summed E-state index contributed by atoms with van der Waals surface area (Å²) in [4.78, 5) is 26.8. The molecule has 1 amide bonds. The topological polar surface area (TPSA) is 104 Å². The lowest BCUT2D eigenvalue weighted by molar-refractivity contribution is 0.0951. The van der Waals surface area contributed by atoms with E-state index in [9.17, 15) is 4.79 Å². The van der Waals surface area contributed by atoms with Crippen molar-refractivity contribution in [2.75, 3.05) is 17.2 Å². The van der Waals surface area contributed by atoms with Crippen LogP contribution in [0.3, 0.4) is 0 Å². The predicted octanol–water partition coefficient (Wildman–Crippen LogP) is 4.16. The van der Waals surface area contributed by atoms with Gasteiger partial charge in [0.2, 0.25) is 5.95 Å². The van der Waals surface area contributed by atoms with Gasteiger partial charge < -0.3 is 21.3 Å². The smallest absolute Gasteiger partial charge is 0.256 e. The number of benzene rings is 1. The summed E-state index contributed by atoms with van der Waals surface area (Å²) in [6.07, 6.45) is 8.30. The number of carbonyl (C=O) groups is 1. The molecule has 8 nitrogen and oxygen atoms in total. The molecular formula is C26H29N7O. The van der Waals surface area contributed by atoms with Crippen molar-refractivity contribution < 1.29 is 4.79 Å². The third-order valence-corrected chi connectivity index (χ3v) is 6.84. The molecule has 174 valence electrons. The van der Waals surface area contributed by atoms with E-state index in [4.69, 9.17) is 4.98 Å². The summed E-state index contributed by atoms with van der Waals surface area (Å²) < 4.78 is 0. The average molecular weight is 456 g/mol. The minimum absolute atomic E-state index is 0.161. The number of fused-ring (bicyclic) bond motifs is 1. The van der Waals surface area contributed by atoms with Crippen molar-refractivity contribution >= 4 is 29.2 Å². The normalized spacial score (nSPS) is 17.4. The molecule has 0 radical (unpaired) electrons. The Morgan fingerprint density at radius 1 is 1.00 bits per heavy atom. The number of hydrogen-bond donors (Lipinski definition) is 4. The molecule has 3 aromatic rings. The molecule has 6 rings (SSSR count). The maximum absolute atomic E-state index is 12.9. The lowest BCUT2D eigenvalue weighted by atomic mass is 9.83. The van der Waals surface area contributed by atoms with E-state index in [2.05, 4.69) is 55.5 Å². The number of amides is 1. The summed E-state index contributed by atoms with van der Waals surface area (Å²) in [5.41, 5.74) is 5.09. The van der Waals surface area contributed by atoms with E-state index in [1.54, 1.807) is 6.20 Å². The van der Waals surface area contributed by atoms with Gasteiger partial charge in [-0.15, -0.1) is 0 Å². The van der Waals surface area contributed by atoms with Gasteiger partial charge in [0.1, 0.15) is 17.2 Å². The second-order valence-electron chi connectivity index (χ2n) is 9.44. The van der Waals surface area contributed by atoms with Crippen molar-refractivity contribution in [1.82, 2.24) is 25.6 Å². The summed E-state index contributed by atoms with van der Waals surface area (Å²) in [6.45, 7) is 1.88. The fraction of sp³-hybridized carbons (Fsp3) is 0.385. The first-order valence-corrected chi connectivity index (χ1v) is 12.2. The monoisotopic (exact) mass is 455 g/mol. The molecular weight excluding hydrogens is 426 g/mol. The van der Waals surface area contributed by atoms with Gasteiger partial charge in [-0.25, -0.2) is 9.97 Å². The quantitative estimate of drug-likeness (QED) is 0.424. The largest absolute Gasteiger partial charge is 0.349 e. The molecule has 2 aromatic heterocycles. The van der Waals surface area contributed by atoms with Gasteiger partial charge in [-0.1, -0.05) is 18.6 Å². The molecule has 0 atom stereocenters. The highest BCUT2D eigenvalue weighted by molar-refractivity contribution is 5.99. The van der Waals surface area contributed by atoms with Crippen molar-refractivity contribution in [3.8, 4) is 0 Å². The fourth-order valence-corrected chi connectivity index (χ4v) is 4.46. The van der Waals surface area contributed by atoms with Crippen LogP contribution < -0.4 is 21.3 Å². The fourth-order valence-electron chi connectivity index (χ4n) is 4.46. The van der Waals surface area contributed by atoms with Gasteiger partial charge in [-0.05, 0) is 74.0 Å². The van der Waals surface area contributed by atoms with Gasteiger partial charge in [0.05, 0.1) is 0 Å². The zero-order chi connectivity index (χ0) is 22.9. The number of carbonyl (C=O) groups excluding carboxylic acids is 1. The molecule has 1 aromatic carbocycles. The Hall–Kier alpha value is -3.52. The average Bonchev–Trinajstić information content (AvgIpc) is 3.62. The van der Waals surface area contributed by atoms with Crippen molar-refractivity contribution in [2.45, 2.75) is 57.0 Å². The Balaban J connectivity index is 1.28. The molecule has 1 aliphatic heterocycles. The minimum Gasteiger partial charge on any atom is -0.349 e. The molecule has 0 unspecified atom stereocenters. The molecule has 3 aliphatic rings. The molecule has 2 fully saturated rings. The number of rotatable bonds is 7. The van der Waals surface area contributed by atoms with Crippen LogP contribution in [0.5, 0.6) is 0 Å². The van der Waals surface area contributed by atoms with E-state index in [0.29, 0.717) is 29.1 Å². The van der Waals surface area contributed by atoms with E-state index >= 15 is 0 Å². The van der Waals surface area contributed by atoms with E-state index in [1.807, 2.05) is 12.1 Å². The summed E-state index contributed by atoms with van der Waals surface area (Å²) in [5, 5.41) is 13.0. The molecule has 0 saturated heterocycles. The SMILES string of the molecule is O=C(NC1CC1)c1cnc(Nc2ccc3c(c2)CNCC3)nc1Nc1cccc(C2CCC2)n1. The number of aromatic nitrogens is 3. The molecule has 4 N–H and O–H groups in total. The van der Waals surface area contributed by atoms with Crippen molar-refractivity contribution in [3.63, 3.8) is 0 Å². The highest BCUT2D eigenvalue weighted by Crippen LogP contribution is 2.36. The lowest BCUT2D eigenvalue weighted by Crippen LogP contribution is -2.26. The van der Waals surface area contributed by atoms with Crippen molar-refractivity contribution in [1.29, 1.82) is 0 Å². The molecule has 2 saturated carbocycles. The van der Waals surface area contributed by atoms with Gasteiger partial charge in [-0.3, -0.25) is 4.79 Å². The van der Waals surface area contributed by atoms with Crippen LogP contribution in [0.4, 0.5) is 23.3 Å². The summed E-state index contributed by atoms with van der Waals surface area (Å²) in [7, 11) is 0. The zero-order valence-electron chi connectivity index (χ0n) is 19.1. The molecule has 8 heteroatoms. The van der Waals surface area contributed by atoms with Gasteiger partial charge in [0, 0.05) is 36.1 Å². The Labute approximate surface area is 199 Å². The standard InChI is InChI=1S/C26H29N7O/c34-25(29-19-9-10-19)21-15-28-26(30-20-8-7-16-11-12-27-14-18(16)13-20)33-24(21)32-23-6-2-5-22(31-23)17-3-1-4-17/h2,5-8,13,15,17,19,27H,1,3-4,9-12,14H2,(H,29,34)(H2,28,30,31,32,33). The Bertz CT molecular complexity index is 1220. The highest BCUT2D eigenvalue weighted by Gasteiger charge is 2.26. The molecule has 2 aliphatic carbocycles. The van der Waals surface area contributed by atoms with Gasteiger partial charge in [0.25, 0.3) is 5.91 Å². The first kappa shape index (κ1) is 21.0. The van der Waals surface area contributed by atoms with Crippen molar-refractivity contribution in [2.24, 2.45) is 0 Å². The second-order valence-corrected chi connectivity index (χ2v) is 9.44. The van der Waals surface area contributed by atoms with E-state index in [1.165, 1.54) is 30.4 Å². The van der Waals surface area contributed by atoms with Crippen LogP contribution in [-0.2, 0) is 13.0 Å². The van der Waals surface area contributed by atoms with Crippen molar-refractivity contribution in [3.05, 3.63) is 65.0 Å². The Morgan fingerprint density at radius 3 is 2.74 bits per heavy atom.